The third kappa shape index (κ3) is 4.54. The van der Waals surface area contributed by atoms with E-state index in [9.17, 15) is 0 Å². The fourth-order valence-electron chi connectivity index (χ4n) is 1.62. The third-order valence-corrected chi connectivity index (χ3v) is 3.42. The topological polar surface area (TPSA) is 60.2 Å². The molecule has 0 radical (unpaired) electrons. The van der Waals surface area contributed by atoms with E-state index in [1.54, 1.807) is 18.0 Å². The molecule has 0 unspecified atom stereocenters. The largest absolute Gasteiger partial charge is 0.468 e. The number of aromatic nitrogens is 2. The van der Waals surface area contributed by atoms with Gasteiger partial charge in [-0.3, -0.25) is 0 Å². The van der Waals surface area contributed by atoms with Gasteiger partial charge in [0, 0.05) is 19.2 Å². The molecule has 1 N–H and O–H groups in total. The summed E-state index contributed by atoms with van der Waals surface area (Å²) in [5, 5.41) is 4.13. The van der Waals surface area contributed by atoms with E-state index in [4.69, 9.17) is 9.15 Å². The van der Waals surface area contributed by atoms with E-state index in [0.29, 0.717) is 19.0 Å². The third-order valence-electron chi connectivity index (χ3n) is 2.48. The highest BCUT2D eigenvalue weighted by Gasteiger charge is 2.06. The summed E-state index contributed by atoms with van der Waals surface area (Å²) in [6.45, 7) is 5.92. The molecule has 0 amide bonds. The maximum Gasteiger partial charge on any atom is 0.157 e. The lowest BCUT2D eigenvalue weighted by Crippen LogP contribution is -2.06. The summed E-state index contributed by atoms with van der Waals surface area (Å²) in [7, 11) is 0. The smallest absolute Gasteiger partial charge is 0.157 e. The minimum absolute atomic E-state index is 0.435. The maximum absolute atomic E-state index is 5.38. The minimum Gasteiger partial charge on any atom is -0.468 e. The zero-order valence-corrected chi connectivity index (χ0v) is 12.6. The first-order valence-electron chi connectivity index (χ1n) is 6.66. The van der Waals surface area contributed by atoms with Crippen molar-refractivity contribution in [2.45, 2.75) is 31.2 Å². The van der Waals surface area contributed by atoms with E-state index in [2.05, 4.69) is 15.3 Å². The van der Waals surface area contributed by atoms with E-state index in [1.807, 2.05) is 32.0 Å². The molecule has 6 heteroatoms. The minimum atomic E-state index is 0.435. The molecule has 108 valence electrons. The molecule has 0 saturated heterocycles. The molecule has 0 fully saturated rings. The molecule has 0 aromatic carbocycles. The predicted octanol–water partition coefficient (Wildman–Crippen LogP) is 3.33. The Kier molecular flexibility index (Phi) is 5.88. The lowest BCUT2D eigenvalue weighted by molar-refractivity contribution is 0.128. The van der Waals surface area contributed by atoms with Crippen LogP contribution in [-0.4, -0.2) is 23.1 Å². The molecular formula is C14H19N3O2S. The number of ether oxygens (including phenoxy) is 1. The Hall–Kier alpha value is -1.53. The average molecular weight is 293 g/mol. The number of hydrogen-bond donors (Lipinski definition) is 1. The van der Waals surface area contributed by atoms with Crippen molar-refractivity contribution in [1.29, 1.82) is 0 Å². The van der Waals surface area contributed by atoms with Crippen molar-refractivity contribution in [2.75, 3.05) is 18.5 Å². The van der Waals surface area contributed by atoms with Crippen LogP contribution in [0.4, 0.5) is 5.82 Å². The molecule has 2 aromatic rings. The summed E-state index contributed by atoms with van der Waals surface area (Å²) >= 11 is 1.63. The van der Waals surface area contributed by atoms with Crippen molar-refractivity contribution in [3.63, 3.8) is 0 Å². The van der Waals surface area contributed by atoms with Crippen LogP contribution in [-0.2, 0) is 17.1 Å². The lowest BCUT2D eigenvalue weighted by atomic mass is 10.5. The second-order valence-electron chi connectivity index (χ2n) is 4.04. The molecule has 0 aliphatic carbocycles. The zero-order chi connectivity index (χ0) is 14.2. The van der Waals surface area contributed by atoms with Crippen molar-refractivity contribution in [1.82, 2.24) is 9.97 Å². The number of nitrogens with one attached hydrogen (secondary N) is 1. The Morgan fingerprint density at radius 1 is 1.35 bits per heavy atom. The Morgan fingerprint density at radius 2 is 2.25 bits per heavy atom. The molecule has 20 heavy (non-hydrogen) atoms. The van der Waals surface area contributed by atoms with Crippen molar-refractivity contribution in [2.24, 2.45) is 0 Å². The number of nitrogens with zero attached hydrogens (tertiary/aromatic N) is 2. The molecular weight excluding hydrogens is 274 g/mol. The average Bonchev–Trinajstić information content (AvgIpc) is 2.96. The molecule has 2 heterocycles. The lowest BCUT2D eigenvalue weighted by Gasteiger charge is -2.08. The van der Waals surface area contributed by atoms with E-state index < -0.39 is 0 Å². The van der Waals surface area contributed by atoms with Crippen molar-refractivity contribution in [3.8, 4) is 0 Å². The van der Waals surface area contributed by atoms with Crippen LogP contribution in [0.2, 0.25) is 0 Å². The molecule has 0 saturated carbocycles. The molecule has 2 aromatic heterocycles. The van der Waals surface area contributed by atoms with Crippen LogP contribution in [0.5, 0.6) is 0 Å². The van der Waals surface area contributed by atoms with Gasteiger partial charge in [-0.05, 0) is 26.0 Å². The number of thioether (sulfide) groups is 1. The fraction of sp³-hybridized carbons (Fsp3) is 0.429. The number of furan rings is 1. The molecule has 0 atom stereocenters. The SMILES string of the molecule is CCNc1cc(SCc2ccco2)nc(COCC)n1. The van der Waals surface area contributed by atoms with Gasteiger partial charge in [0.25, 0.3) is 0 Å². The molecule has 0 bridgehead atoms. The van der Waals surface area contributed by atoms with Gasteiger partial charge in [0.2, 0.25) is 0 Å². The van der Waals surface area contributed by atoms with Gasteiger partial charge in [-0.15, -0.1) is 0 Å². The van der Waals surface area contributed by atoms with Crippen LogP contribution < -0.4 is 5.32 Å². The van der Waals surface area contributed by atoms with Crippen LogP contribution in [0.25, 0.3) is 0 Å². The van der Waals surface area contributed by atoms with Gasteiger partial charge in [0.1, 0.15) is 23.2 Å². The predicted molar refractivity (Wildman–Crippen MR) is 79.8 cm³/mol. The molecule has 5 nitrogen and oxygen atoms in total. The zero-order valence-electron chi connectivity index (χ0n) is 11.8. The number of hydrogen-bond acceptors (Lipinski definition) is 6. The second-order valence-corrected chi connectivity index (χ2v) is 5.04. The quantitative estimate of drug-likeness (QED) is 0.595. The Morgan fingerprint density at radius 3 is 2.95 bits per heavy atom. The highest BCUT2D eigenvalue weighted by atomic mass is 32.2. The van der Waals surface area contributed by atoms with Crippen LogP contribution in [0.1, 0.15) is 25.4 Å². The van der Waals surface area contributed by atoms with Crippen molar-refractivity contribution < 1.29 is 9.15 Å². The summed E-state index contributed by atoms with van der Waals surface area (Å²) in [4.78, 5) is 8.92. The second kappa shape index (κ2) is 7.91. The Balaban J connectivity index is 2.06. The van der Waals surface area contributed by atoms with Crippen LogP contribution >= 0.6 is 11.8 Å². The van der Waals surface area contributed by atoms with Crippen LogP contribution in [0, 0.1) is 0 Å². The van der Waals surface area contributed by atoms with Gasteiger partial charge < -0.3 is 14.5 Å². The van der Waals surface area contributed by atoms with Crippen LogP contribution in [0.3, 0.4) is 0 Å². The summed E-state index contributed by atoms with van der Waals surface area (Å²) in [6, 6.07) is 5.80. The van der Waals surface area contributed by atoms with Crippen molar-refractivity contribution >= 4 is 17.6 Å². The molecule has 0 spiro atoms. The first kappa shape index (κ1) is 14.9. The summed E-state index contributed by atoms with van der Waals surface area (Å²) < 4.78 is 10.7. The monoisotopic (exact) mass is 293 g/mol. The number of anilines is 1. The Labute approximate surface area is 123 Å². The van der Waals surface area contributed by atoms with E-state index in [0.717, 1.165) is 28.9 Å². The molecule has 0 aliphatic heterocycles. The summed E-state index contributed by atoms with van der Waals surface area (Å²) in [5.74, 6) is 3.22. The van der Waals surface area contributed by atoms with Gasteiger partial charge in [0.05, 0.1) is 12.0 Å². The maximum atomic E-state index is 5.38. The first-order chi connectivity index (χ1) is 9.81. The van der Waals surface area contributed by atoms with Gasteiger partial charge >= 0.3 is 0 Å². The number of rotatable bonds is 8. The summed E-state index contributed by atoms with van der Waals surface area (Å²) in [6.07, 6.45) is 1.68. The van der Waals surface area contributed by atoms with Gasteiger partial charge in [0.15, 0.2) is 5.82 Å². The van der Waals surface area contributed by atoms with Gasteiger partial charge in [-0.25, -0.2) is 9.97 Å². The van der Waals surface area contributed by atoms with Crippen molar-refractivity contribution in [3.05, 3.63) is 36.0 Å². The highest BCUT2D eigenvalue weighted by Crippen LogP contribution is 2.23. The fourth-order valence-corrected chi connectivity index (χ4v) is 2.44. The summed E-state index contributed by atoms with van der Waals surface area (Å²) in [5.41, 5.74) is 0. The molecule has 2 rings (SSSR count). The molecule has 0 aliphatic rings. The van der Waals surface area contributed by atoms with Gasteiger partial charge in [-0.2, -0.15) is 0 Å². The normalized spacial score (nSPS) is 10.7. The van der Waals surface area contributed by atoms with E-state index in [1.165, 1.54) is 0 Å². The first-order valence-corrected chi connectivity index (χ1v) is 7.65. The van der Waals surface area contributed by atoms with Gasteiger partial charge in [-0.1, -0.05) is 11.8 Å². The highest BCUT2D eigenvalue weighted by molar-refractivity contribution is 7.98. The standard InChI is InChI=1S/C14H19N3O2S/c1-3-15-12-8-14(17-13(16-12)9-18-4-2)20-10-11-6-5-7-19-11/h5-8H,3-4,9-10H2,1-2H3,(H,15,16,17). The van der Waals surface area contributed by atoms with E-state index >= 15 is 0 Å². The van der Waals surface area contributed by atoms with E-state index in [-0.39, 0.29) is 0 Å². The Bertz CT molecular complexity index is 517. The van der Waals surface area contributed by atoms with Crippen LogP contribution in [0.15, 0.2) is 33.9 Å².